The molecule has 2 aliphatic heterocycles. The number of ether oxygens (including phenoxy) is 1. The van der Waals surface area contributed by atoms with E-state index in [4.69, 9.17) is 4.74 Å². The van der Waals surface area contributed by atoms with Gasteiger partial charge in [0.15, 0.2) is 0 Å². The van der Waals surface area contributed by atoms with Crippen LogP contribution in [0.15, 0.2) is 21.4 Å². The van der Waals surface area contributed by atoms with Crippen molar-refractivity contribution in [1.82, 2.24) is 25.4 Å². The van der Waals surface area contributed by atoms with Gasteiger partial charge in [-0.05, 0) is 34.8 Å². The number of halogens is 2. The predicted octanol–water partition coefficient (Wildman–Crippen LogP) is 2.02. The summed E-state index contributed by atoms with van der Waals surface area (Å²) in [6.07, 6.45) is 1.67. The van der Waals surface area contributed by atoms with E-state index in [9.17, 15) is 14.0 Å². The van der Waals surface area contributed by atoms with Gasteiger partial charge in [-0.1, -0.05) is 0 Å². The normalized spacial score (nSPS) is 22.0. The van der Waals surface area contributed by atoms with Crippen LogP contribution in [0, 0.1) is 5.82 Å². The van der Waals surface area contributed by atoms with E-state index in [0.717, 1.165) is 18.4 Å². The SMILES string of the molecule is O=C(NC1COc2cc(F)c(Br)cc21)N1CCCC(c2n[nH]c(=O)[nH]2)C1. The molecule has 1 saturated heterocycles. The molecule has 0 bridgehead atoms. The highest BCUT2D eigenvalue weighted by atomic mass is 79.9. The number of piperidine rings is 1. The molecule has 2 unspecified atom stereocenters. The van der Waals surface area contributed by atoms with Crippen molar-refractivity contribution in [2.75, 3.05) is 19.7 Å². The minimum Gasteiger partial charge on any atom is -0.491 e. The fourth-order valence-electron chi connectivity index (χ4n) is 3.43. The highest BCUT2D eigenvalue weighted by Gasteiger charge is 2.31. The average molecular weight is 426 g/mol. The standard InChI is InChI=1S/C16H17BrFN5O3/c17-10-4-9-12(7-26-13(9)5-11(10)18)19-16(25)23-3-1-2-8(6-23)14-20-15(24)22-21-14/h4-5,8,12H,1-3,6-7H2,(H,19,25)(H2,20,21,22,24). The van der Waals surface area contributed by atoms with Crippen molar-refractivity contribution >= 4 is 22.0 Å². The first-order chi connectivity index (χ1) is 12.5. The van der Waals surface area contributed by atoms with Crippen molar-refractivity contribution in [2.45, 2.75) is 24.8 Å². The van der Waals surface area contributed by atoms with E-state index in [1.54, 1.807) is 11.0 Å². The van der Waals surface area contributed by atoms with Gasteiger partial charge in [0, 0.05) is 30.6 Å². The number of hydrogen-bond donors (Lipinski definition) is 3. The first-order valence-corrected chi connectivity index (χ1v) is 9.12. The van der Waals surface area contributed by atoms with E-state index in [2.05, 4.69) is 36.4 Å². The van der Waals surface area contributed by atoms with Crippen molar-refractivity contribution < 1.29 is 13.9 Å². The van der Waals surface area contributed by atoms with Gasteiger partial charge >= 0.3 is 11.7 Å². The van der Waals surface area contributed by atoms with Crippen molar-refractivity contribution in [1.29, 1.82) is 0 Å². The number of urea groups is 1. The molecule has 4 rings (SSSR count). The van der Waals surface area contributed by atoms with Gasteiger partial charge in [0.25, 0.3) is 0 Å². The van der Waals surface area contributed by atoms with E-state index in [0.29, 0.717) is 29.1 Å². The summed E-state index contributed by atoms with van der Waals surface area (Å²) >= 11 is 3.16. The number of likely N-dealkylation sites (tertiary alicyclic amines) is 1. The largest absolute Gasteiger partial charge is 0.491 e. The van der Waals surface area contributed by atoms with Gasteiger partial charge in [-0.2, -0.15) is 5.10 Å². The van der Waals surface area contributed by atoms with Crippen LogP contribution in [0.2, 0.25) is 0 Å². The van der Waals surface area contributed by atoms with Crippen molar-refractivity contribution in [3.8, 4) is 5.75 Å². The Morgan fingerprint density at radius 3 is 3.08 bits per heavy atom. The number of aromatic amines is 2. The summed E-state index contributed by atoms with van der Waals surface area (Å²) in [5.41, 5.74) is 0.399. The van der Waals surface area contributed by atoms with Crippen LogP contribution in [-0.2, 0) is 0 Å². The van der Waals surface area contributed by atoms with Gasteiger partial charge in [-0.15, -0.1) is 0 Å². The second-order valence-electron chi connectivity index (χ2n) is 6.47. The zero-order valence-electron chi connectivity index (χ0n) is 13.7. The van der Waals surface area contributed by atoms with Gasteiger partial charge in [0.05, 0.1) is 10.5 Å². The smallest absolute Gasteiger partial charge is 0.340 e. The third-order valence-corrected chi connectivity index (χ3v) is 5.35. The predicted molar refractivity (Wildman–Crippen MR) is 93.6 cm³/mol. The summed E-state index contributed by atoms with van der Waals surface area (Å²) in [4.78, 5) is 28.3. The molecule has 8 nitrogen and oxygen atoms in total. The molecule has 10 heteroatoms. The number of hydrogen-bond acceptors (Lipinski definition) is 4. The molecule has 3 heterocycles. The van der Waals surface area contributed by atoms with Gasteiger partial charge in [0.1, 0.15) is 24.0 Å². The molecule has 2 aliphatic rings. The lowest BCUT2D eigenvalue weighted by atomic mass is 9.97. The number of nitrogens with zero attached hydrogens (tertiary/aromatic N) is 2. The van der Waals surface area contributed by atoms with E-state index >= 15 is 0 Å². The molecule has 3 N–H and O–H groups in total. The zero-order valence-corrected chi connectivity index (χ0v) is 15.3. The van der Waals surface area contributed by atoms with Crippen LogP contribution < -0.4 is 15.7 Å². The first-order valence-electron chi connectivity index (χ1n) is 8.33. The molecule has 2 amide bonds. The third-order valence-electron chi connectivity index (χ3n) is 4.75. The summed E-state index contributed by atoms with van der Waals surface area (Å²) < 4.78 is 19.4. The Morgan fingerprint density at radius 2 is 2.31 bits per heavy atom. The second-order valence-corrected chi connectivity index (χ2v) is 7.32. The molecular formula is C16H17BrFN5O3. The average Bonchev–Trinajstić information content (AvgIpc) is 3.22. The number of H-pyrrole nitrogens is 2. The maximum Gasteiger partial charge on any atom is 0.340 e. The summed E-state index contributed by atoms with van der Waals surface area (Å²) in [6.45, 7) is 1.37. The summed E-state index contributed by atoms with van der Waals surface area (Å²) in [7, 11) is 0. The Labute approximate surface area is 156 Å². The van der Waals surface area contributed by atoms with Crippen LogP contribution in [0.25, 0.3) is 0 Å². The number of fused-ring (bicyclic) bond motifs is 1. The van der Waals surface area contributed by atoms with Crippen LogP contribution in [0.1, 0.15) is 36.2 Å². The number of aromatic nitrogens is 3. The molecule has 2 aromatic rings. The Morgan fingerprint density at radius 1 is 1.46 bits per heavy atom. The van der Waals surface area contributed by atoms with Crippen LogP contribution in [0.4, 0.5) is 9.18 Å². The third kappa shape index (κ3) is 3.20. The Balaban J connectivity index is 1.44. The van der Waals surface area contributed by atoms with Gasteiger partial charge in [-0.25, -0.2) is 19.1 Å². The van der Waals surface area contributed by atoms with Crippen LogP contribution >= 0.6 is 15.9 Å². The van der Waals surface area contributed by atoms with Crippen molar-refractivity contribution in [3.05, 3.63) is 44.3 Å². The van der Waals surface area contributed by atoms with E-state index in [-0.39, 0.29) is 30.3 Å². The van der Waals surface area contributed by atoms with Crippen LogP contribution in [-0.4, -0.2) is 45.8 Å². The Kier molecular flexibility index (Phi) is 4.43. The lowest BCUT2D eigenvalue weighted by molar-refractivity contribution is 0.172. The van der Waals surface area contributed by atoms with Crippen LogP contribution in [0.5, 0.6) is 5.75 Å². The lowest BCUT2D eigenvalue weighted by Gasteiger charge is -2.32. The Hall–Kier alpha value is -2.36. The molecule has 1 aromatic heterocycles. The molecule has 0 aliphatic carbocycles. The minimum absolute atomic E-state index is 0.0104. The highest BCUT2D eigenvalue weighted by molar-refractivity contribution is 9.10. The topological polar surface area (TPSA) is 103 Å². The van der Waals surface area contributed by atoms with E-state index in [1.807, 2.05) is 0 Å². The maximum atomic E-state index is 13.6. The molecule has 0 spiro atoms. The zero-order chi connectivity index (χ0) is 18.3. The number of benzene rings is 1. The molecule has 1 aromatic carbocycles. The first kappa shape index (κ1) is 17.1. The number of rotatable bonds is 2. The number of carbonyl (C=O) groups is 1. The second kappa shape index (κ2) is 6.75. The van der Waals surface area contributed by atoms with E-state index < -0.39 is 5.82 Å². The summed E-state index contributed by atoms with van der Waals surface area (Å²) in [5, 5.41) is 9.28. The number of amides is 2. The van der Waals surface area contributed by atoms with Gasteiger partial charge in [0.2, 0.25) is 0 Å². The molecule has 138 valence electrons. The minimum atomic E-state index is -0.400. The maximum absolute atomic E-state index is 13.6. The monoisotopic (exact) mass is 425 g/mol. The lowest BCUT2D eigenvalue weighted by Crippen LogP contribution is -2.46. The molecular weight excluding hydrogens is 409 g/mol. The molecule has 2 atom stereocenters. The van der Waals surface area contributed by atoms with Crippen molar-refractivity contribution in [2.24, 2.45) is 0 Å². The fourth-order valence-corrected chi connectivity index (χ4v) is 3.79. The molecule has 1 fully saturated rings. The van der Waals surface area contributed by atoms with Gasteiger partial charge < -0.3 is 15.0 Å². The highest BCUT2D eigenvalue weighted by Crippen LogP contribution is 2.36. The Bertz CT molecular complexity index is 898. The van der Waals surface area contributed by atoms with Crippen LogP contribution in [0.3, 0.4) is 0 Å². The van der Waals surface area contributed by atoms with Gasteiger partial charge in [-0.3, -0.25) is 4.98 Å². The van der Waals surface area contributed by atoms with E-state index in [1.165, 1.54) is 6.07 Å². The fraction of sp³-hybridized carbons (Fsp3) is 0.438. The summed E-state index contributed by atoms with van der Waals surface area (Å²) in [6, 6.07) is 2.40. The molecule has 0 radical (unpaired) electrons. The molecule has 0 saturated carbocycles. The number of nitrogens with one attached hydrogen (secondary N) is 3. The van der Waals surface area contributed by atoms with Crippen molar-refractivity contribution in [3.63, 3.8) is 0 Å². The quantitative estimate of drug-likeness (QED) is 0.684. The number of carbonyl (C=O) groups excluding carboxylic acids is 1. The molecule has 26 heavy (non-hydrogen) atoms. The summed E-state index contributed by atoms with van der Waals surface area (Å²) in [5.74, 6) is 0.606.